The van der Waals surface area contributed by atoms with Crippen LogP contribution in [-0.2, 0) is 0 Å². The summed E-state index contributed by atoms with van der Waals surface area (Å²) >= 11 is 0. The minimum absolute atomic E-state index is 0.0629. The molecule has 1 aromatic rings. The zero-order valence-electron chi connectivity index (χ0n) is 11.9. The van der Waals surface area contributed by atoms with Gasteiger partial charge in [-0.3, -0.25) is 5.84 Å². The average molecular weight is 260 g/mol. The van der Waals surface area contributed by atoms with Crippen molar-refractivity contribution in [2.24, 2.45) is 5.84 Å². The van der Waals surface area contributed by atoms with Crippen LogP contribution in [0.25, 0.3) is 0 Å². The second-order valence-electron chi connectivity index (χ2n) is 5.22. The Balaban J connectivity index is 2.35. The SMILES string of the molecule is COc1ccc(C)cc1C(NN)C1=CCCCCC1. The van der Waals surface area contributed by atoms with E-state index in [0.717, 1.165) is 24.2 Å². The number of rotatable bonds is 4. The van der Waals surface area contributed by atoms with Crippen molar-refractivity contribution in [2.45, 2.75) is 45.1 Å². The maximum Gasteiger partial charge on any atom is 0.124 e. The van der Waals surface area contributed by atoms with Crippen molar-refractivity contribution in [2.75, 3.05) is 7.11 Å². The predicted molar refractivity (Wildman–Crippen MR) is 79.0 cm³/mol. The second kappa shape index (κ2) is 6.73. The molecular formula is C16H24N2O. The molecule has 0 aliphatic heterocycles. The fourth-order valence-corrected chi connectivity index (χ4v) is 2.78. The molecule has 0 spiro atoms. The summed E-state index contributed by atoms with van der Waals surface area (Å²) in [4.78, 5) is 0. The number of hydrogen-bond acceptors (Lipinski definition) is 3. The van der Waals surface area contributed by atoms with Crippen LogP contribution in [0.3, 0.4) is 0 Å². The summed E-state index contributed by atoms with van der Waals surface area (Å²) < 4.78 is 5.48. The molecule has 0 heterocycles. The van der Waals surface area contributed by atoms with Gasteiger partial charge in [-0.05, 0) is 38.7 Å². The highest BCUT2D eigenvalue weighted by Crippen LogP contribution is 2.34. The van der Waals surface area contributed by atoms with Crippen molar-refractivity contribution in [1.29, 1.82) is 0 Å². The van der Waals surface area contributed by atoms with E-state index < -0.39 is 0 Å². The van der Waals surface area contributed by atoms with Gasteiger partial charge in [-0.25, -0.2) is 5.43 Å². The molecule has 104 valence electrons. The summed E-state index contributed by atoms with van der Waals surface area (Å²) in [5.74, 6) is 6.72. The van der Waals surface area contributed by atoms with E-state index in [2.05, 4.69) is 30.6 Å². The second-order valence-corrected chi connectivity index (χ2v) is 5.22. The first kappa shape index (κ1) is 14.1. The minimum atomic E-state index is 0.0629. The summed E-state index contributed by atoms with van der Waals surface area (Å²) in [5.41, 5.74) is 6.73. The van der Waals surface area contributed by atoms with Crippen LogP contribution in [0, 0.1) is 6.92 Å². The monoisotopic (exact) mass is 260 g/mol. The minimum Gasteiger partial charge on any atom is -0.496 e. The molecule has 1 aliphatic carbocycles. The number of aryl methyl sites for hydroxylation is 1. The van der Waals surface area contributed by atoms with E-state index in [1.54, 1.807) is 7.11 Å². The first-order valence-corrected chi connectivity index (χ1v) is 7.06. The van der Waals surface area contributed by atoms with Crippen LogP contribution >= 0.6 is 0 Å². The molecule has 3 heteroatoms. The molecule has 3 nitrogen and oxygen atoms in total. The first-order valence-electron chi connectivity index (χ1n) is 7.06. The number of nitrogens with two attached hydrogens (primary N) is 1. The van der Waals surface area contributed by atoms with Gasteiger partial charge in [-0.15, -0.1) is 0 Å². The van der Waals surface area contributed by atoms with Crippen molar-refractivity contribution in [3.63, 3.8) is 0 Å². The number of benzene rings is 1. The van der Waals surface area contributed by atoms with Gasteiger partial charge in [0.15, 0.2) is 0 Å². The highest BCUT2D eigenvalue weighted by Gasteiger charge is 2.20. The van der Waals surface area contributed by atoms with Crippen molar-refractivity contribution in [3.8, 4) is 5.75 Å². The molecular weight excluding hydrogens is 236 g/mol. The fraction of sp³-hybridized carbons (Fsp3) is 0.500. The summed E-state index contributed by atoms with van der Waals surface area (Å²) in [7, 11) is 1.71. The smallest absolute Gasteiger partial charge is 0.124 e. The maximum atomic E-state index is 5.81. The van der Waals surface area contributed by atoms with E-state index in [1.165, 1.54) is 30.4 Å². The Morgan fingerprint density at radius 1 is 1.26 bits per heavy atom. The molecule has 0 bridgehead atoms. The summed E-state index contributed by atoms with van der Waals surface area (Å²) in [6, 6.07) is 6.31. The molecule has 1 atom stereocenters. The average Bonchev–Trinajstić information content (AvgIpc) is 2.69. The van der Waals surface area contributed by atoms with Crippen molar-refractivity contribution in [3.05, 3.63) is 41.0 Å². The lowest BCUT2D eigenvalue weighted by Gasteiger charge is -2.22. The largest absolute Gasteiger partial charge is 0.496 e. The third-order valence-electron chi connectivity index (χ3n) is 3.81. The molecule has 0 saturated heterocycles. The van der Waals surface area contributed by atoms with E-state index in [-0.39, 0.29) is 6.04 Å². The van der Waals surface area contributed by atoms with Crippen LogP contribution in [0.5, 0.6) is 5.75 Å². The zero-order chi connectivity index (χ0) is 13.7. The van der Waals surface area contributed by atoms with Crippen LogP contribution in [0.2, 0.25) is 0 Å². The van der Waals surface area contributed by atoms with E-state index in [1.807, 2.05) is 6.07 Å². The molecule has 1 aromatic carbocycles. The van der Waals surface area contributed by atoms with E-state index in [9.17, 15) is 0 Å². The number of ether oxygens (including phenoxy) is 1. The molecule has 0 aromatic heterocycles. The van der Waals surface area contributed by atoms with Crippen molar-refractivity contribution in [1.82, 2.24) is 5.43 Å². The number of hydrogen-bond donors (Lipinski definition) is 2. The topological polar surface area (TPSA) is 47.3 Å². The van der Waals surface area contributed by atoms with Gasteiger partial charge in [0.2, 0.25) is 0 Å². The van der Waals surface area contributed by atoms with Gasteiger partial charge in [0.25, 0.3) is 0 Å². The van der Waals surface area contributed by atoms with E-state index in [4.69, 9.17) is 10.6 Å². The Labute approximate surface area is 115 Å². The van der Waals surface area contributed by atoms with Crippen LogP contribution in [0.1, 0.15) is 49.3 Å². The Bertz CT molecular complexity index is 454. The van der Waals surface area contributed by atoms with Gasteiger partial charge >= 0.3 is 0 Å². The highest BCUT2D eigenvalue weighted by atomic mass is 16.5. The van der Waals surface area contributed by atoms with Crippen LogP contribution in [0.4, 0.5) is 0 Å². The zero-order valence-corrected chi connectivity index (χ0v) is 11.9. The molecule has 1 aliphatic rings. The van der Waals surface area contributed by atoms with Gasteiger partial charge in [-0.1, -0.05) is 35.8 Å². The molecule has 0 saturated carbocycles. The van der Waals surface area contributed by atoms with Crippen LogP contribution in [-0.4, -0.2) is 7.11 Å². The van der Waals surface area contributed by atoms with E-state index in [0.29, 0.717) is 0 Å². The van der Waals surface area contributed by atoms with Crippen LogP contribution in [0.15, 0.2) is 29.8 Å². The van der Waals surface area contributed by atoms with Crippen LogP contribution < -0.4 is 16.0 Å². The lowest BCUT2D eigenvalue weighted by atomic mass is 9.94. The third-order valence-corrected chi connectivity index (χ3v) is 3.81. The summed E-state index contributed by atoms with van der Waals surface area (Å²) in [6.45, 7) is 2.10. The molecule has 19 heavy (non-hydrogen) atoms. The van der Waals surface area contributed by atoms with Crippen molar-refractivity contribution < 1.29 is 4.74 Å². The Hall–Kier alpha value is -1.32. The summed E-state index contributed by atoms with van der Waals surface area (Å²) in [6.07, 6.45) is 8.46. The lowest BCUT2D eigenvalue weighted by molar-refractivity contribution is 0.403. The van der Waals surface area contributed by atoms with Gasteiger partial charge in [0.05, 0.1) is 13.2 Å². The van der Waals surface area contributed by atoms with Gasteiger partial charge in [0, 0.05) is 5.56 Å². The van der Waals surface area contributed by atoms with Gasteiger partial charge in [0.1, 0.15) is 5.75 Å². The quantitative estimate of drug-likeness (QED) is 0.495. The number of nitrogens with one attached hydrogen (secondary N) is 1. The normalized spacial score (nSPS) is 17.5. The Morgan fingerprint density at radius 3 is 2.84 bits per heavy atom. The number of allylic oxidation sites excluding steroid dienone is 1. The first-order chi connectivity index (χ1) is 9.26. The predicted octanol–water partition coefficient (Wildman–Crippen LogP) is 3.40. The van der Waals surface area contributed by atoms with Crippen molar-refractivity contribution >= 4 is 0 Å². The molecule has 0 radical (unpaired) electrons. The molecule has 0 amide bonds. The summed E-state index contributed by atoms with van der Waals surface area (Å²) in [5, 5.41) is 0. The molecule has 0 fully saturated rings. The third kappa shape index (κ3) is 3.37. The molecule has 1 unspecified atom stereocenters. The Morgan fingerprint density at radius 2 is 2.11 bits per heavy atom. The standard InChI is InChI=1S/C16H24N2O/c1-12-9-10-15(19-2)14(11-12)16(18-17)13-7-5-3-4-6-8-13/h7,9-11,16,18H,3-6,8,17H2,1-2H3. The Kier molecular flexibility index (Phi) is 5.00. The maximum absolute atomic E-state index is 5.81. The lowest BCUT2D eigenvalue weighted by Crippen LogP contribution is -2.30. The molecule has 3 N–H and O–H groups in total. The van der Waals surface area contributed by atoms with Gasteiger partial charge < -0.3 is 4.74 Å². The highest BCUT2D eigenvalue weighted by molar-refractivity contribution is 5.42. The number of methoxy groups -OCH3 is 1. The molecule has 2 rings (SSSR count). The van der Waals surface area contributed by atoms with E-state index >= 15 is 0 Å². The van der Waals surface area contributed by atoms with Gasteiger partial charge in [-0.2, -0.15) is 0 Å². The number of hydrazine groups is 1. The fourth-order valence-electron chi connectivity index (χ4n) is 2.78.